The standard InChI is InChI=1S/C20H15ClF3NO8/c1-31-6-7-32-19(28)17(27)10-16(26)13-9-12(3-4-15(13)25(29)30)33-18-5-2-11(8-14(18)21)20(22,23)24/h2-5,8-9H,6-7,10H2,1H3. The predicted molar refractivity (Wildman–Crippen MR) is 106 cm³/mol. The molecule has 176 valence electrons. The number of methoxy groups -OCH3 is 1. The van der Waals surface area contributed by atoms with E-state index >= 15 is 0 Å². The lowest BCUT2D eigenvalue weighted by molar-refractivity contribution is -0.385. The second kappa shape index (κ2) is 10.9. The van der Waals surface area contributed by atoms with E-state index in [0.717, 1.165) is 24.3 Å². The van der Waals surface area contributed by atoms with Gasteiger partial charge >= 0.3 is 12.1 Å². The summed E-state index contributed by atoms with van der Waals surface area (Å²) in [6, 6.07) is 5.19. The number of hydrogen-bond donors (Lipinski definition) is 0. The number of benzene rings is 2. The van der Waals surface area contributed by atoms with Gasteiger partial charge in [0.05, 0.1) is 34.1 Å². The van der Waals surface area contributed by atoms with Crippen LogP contribution in [0.15, 0.2) is 36.4 Å². The number of carbonyl (C=O) groups is 3. The van der Waals surface area contributed by atoms with Gasteiger partial charge in [0.2, 0.25) is 5.78 Å². The Labute approximate surface area is 189 Å². The summed E-state index contributed by atoms with van der Waals surface area (Å²) < 4.78 is 52.9. The number of hydrogen-bond acceptors (Lipinski definition) is 8. The van der Waals surface area contributed by atoms with E-state index in [1.807, 2.05) is 0 Å². The Kier molecular flexibility index (Phi) is 8.49. The topological polar surface area (TPSA) is 122 Å². The summed E-state index contributed by atoms with van der Waals surface area (Å²) in [4.78, 5) is 46.4. The lowest BCUT2D eigenvalue weighted by atomic mass is 10.0. The fourth-order valence-electron chi connectivity index (χ4n) is 2.46. The zero-order chi connectivity index (χ0) is 24.8. The smallest absolute Gasteiger partial charge is 0.416 e. The first-order valence-corrected chi connectivity index (χ1v) is 9.37. The van der Waals surface area contributed by atoms with Gasteiger partial charge in [-0.25, -0.2) is 4.79 Å². The lowest BCUT2D eigenvalue weighted by Crippen LogP contribution is -2.22. The largest absolute Gasteiger partial charge is 0.457 e. The third kappa shape index (κ3) is 6.99. The van der Waals surface area contributed by atoms with E-state index in [4.69, 9.17) is 16.3 Å². The first-order chi connectivity index (χ1) is 15.4. The fraction of sp³-hybridized carbons (Fsp3) is 0.250. The quantitative estimate of drug-likeness (QED) is 0.0915. The molecule has 0 fully saturated rings. The van der Waals surface area contributed by atoms with Crippen LogP contribution in [0.5, 0.6) is 11.5 Å². The molecular weight excluding hydrogens is 475 g/mol. The van der Waals surface area contributed by atoms with Gasteiger partial charge in [-0.2, -0.15) is 13.2 Å². The first kappa shape index (κ1) is 25.7. The molecular formula is C20H15ClF3NO8. The van der Waals surface area contributed by atoms with Crippen LogP contribution in [-0.4, -0.2) is 42.8 Å². The van der Waals surface area contributed by atoms with Gasteiger partial charge < -0.3 is 14.2 Å². The molecule has 0 aliphatic carbocycles. The van der Waals surface area contributed by atoms with E-state index in [1.165, 1.54) is 7.11 Å². The second-order valence-corrected chi connectivity index (χ2v) is 6.74. The van der Waals surface area contributed by atoms with Crippen LogP contribution in [0.3, 0.4) is 0 Å². The summed E-state index contributed by atoms with van der Waals surface area (Å²) in [5.41, 5.74) is -2.25. The highest BCUT2D eigenvalue weighted by molar-refractivity contribution is 6.38. The molecule has 0 atom stereocenters. The van der Waals surface area contributed by atoms with E-state index in [2.05, 4.69) is 9.47 Å². The van der Waals surface area contributed by atoms with Crippen LogP contribution in [0.1, 0.15) is 22.3 Å². The number of ether oxygens (including phenoxy) is 3. The van der Waals surface area contributed by atoms with E-state index in [1.54, 1.807) is 0 Å². The Balaban J connectivity index is 2.26. The number of nitro benzene ring substituents is 1. The number of ketones is 2. The lowest BCUT2D eigenvalue weighted by Gasteiger charge is -2.12. The van der Waals surface area contributed by atoms with Crippen LogP contribution >= 0.6 is 11.6 Å². The molecule has 2 aromatic rings. The average molecular weight is 490 g/mol. The summed E-state index contributed by atoms with van der Waals surface area (Å²) in [7, 11) is 1.34. The van der Waals surface area contributed by atoms with Crippen molar-refractivity contribution in [2.24, 2.45) is 0 Å². The zero-order valence-electron chi connectivity index (χ0n) is 16.8. The molecule has 0 unspecified atom stereocenters. The van der Waals surface area contributed by atoms with Crippen LogP contribution in [0.4, 0.5) is 18.9 Å². The van der Waals surface area contributed by atoms with Crippen LogP contribution in [-0.2, 0) is 25.2 Å². The van der Waals surface area contributed by atoms with Crippen molar-refractivity contribution in [1.29, 1.82) is 0 Å². The zero-order valence-corrected chi connectivity index (χ0v) is 17.6. The Morgan fingerprint density at radius 3 is 2.36 bits per heavy atom. The summed E-state index contributed by atoms with van der Waals surface area (Å²) in [6.45, 7) is -0.211. The van der Waals surface area contributed by atoms with Crippen molar-refractivity contribution in [3.05, 3.63) is 62.7 Å². The number of carbonyl (C=O) groups excluding carboxylic acids is 3. The SMILES string of the molecule is COCCOC(=O)C(=O)CC(=O)c1cc(Oc2ccc(C(F)(F)F)cc2Cl)ccc1[N+](=O)[O-]. The summed E-state index contributed by atoms with van der Waals surface area (Å²) in [6.07, 6.45) is -5.65. The first-order valence-electron chi connectivity index (χ1n) is 8.99. The molecule has 0 heterocycles. The third-order valence-electron chi connectivity index (χ3n) is 4.02. The van der Waals surface area contributed by atoms with Gasteiger partial charge in [-0.3, -0.25) is 19.7 Å². The predicted octanol–water partition coefficient (Wildman–Crippen LogP) is 4.39. The molecule has 2 rings (SSSR count). The monoisotopic (exact) mass is 489 g/mol. The number of halogens is 4. The molecule has 13 heteroatoms. The van der Waals surface area contributed by atoms with Crippen molar-refractivity contribution in [3.8, 4) is 11.5 Å². The highest BCUT2D eigenvalue weighted by atomic mass is 35.5. The van der Waals surface area contributed by atoms with Gasteiger partial charge in [-0.1, -0.05) is 11.6 Å². The maximum atomic E-state index is 12.8. The molecule has 0 spiro atoms. The van der Waals surface area contributed by atoms with E-state index in [0.29, 0.717) is 12.1 Å². The molecule has 2 aromatic carbocycles. The van der Waals surface area contributed by atoms with Gasteiger partial charge in [0.1, 0.15) is 18.1 Å². The molecule has 33 heavy (non-hydrogen) atoms. The van der Waals surface area contributed by atoms with Crippen molar-refractivity contribution in [2.45, 2.75) is 12.6 Å². The normalized spacial score (nSPS) is 11.1. The van der Waals surface area contributed by atoms with Crippen LogP contribution in [0.25, 0.3) is 0 Å². The summed E-state index contributed by atoms with van der Waals surface area (Å²) >= 11 is 5.82. The third-order valence-corrected chi connectivity index (χ3v) is 4.32. The van der Waals surface area contributed by atoms with Gasteiger partial charge in [-0.05, 0) is 30.3 Å². The van der Waals surface area contributed by atoms with E-state index in [9.17, 15) is 37.7 Å². The maximum absolute atomic E-state index is 12.8. The summed E-state index contributed by atoms with van der Waals surface area (Å²) in [5, 5.41) is 10.9. The van der Waals surface area contributed by atoms with E-state index < -0.39 is 56.9 Å². The number of alkyl halides is 3. The molecule has 0 aliphatic heterocycles. The summed E-state index contributed by atoms with van der Waals surface area (Å²) in [5.74, 6) is -4.01. The highest BCUT2D eigenvalue weighted by Gasteiger charge is 2.31. The molecule has 0 aliphatic rings. The minimum absolute atomic E-state index is 0.0182. The molecule has 0 amide bonds. The van der Waals surface area contributed by atoms with Crippen LogP contribution in [0, 0.1) is 10.1 Å². The minimum atomic E-state index is -4.63. The number of rotatable bonds is 10. The van der Waals surface area contributed by atoms with Crippen molar-refractivity contribution < 1.29 is 46.7 Å². The van der Waals surface area contributed by atoms with Crippen molar-refractivity contribution in [1.82, 2.24) is 0 Å². The number of Topliss-reactive ketones (excluding diaryl/α,β-unsaturated/α-hetero) is 2. The molecule has 0 saturated carbocycles. The van der Waals surface area contributed by atoms with Gasteiger partial charge in [0, 0.05) is 13.2 Å². The Hall–Kier alpha value is -3.51. The van der Waals surface area contributed by atoms with Crippen molar-refractivity contribution >= 4 is 34.8 Å². The minimum Gasteiger partial charge on any atom is -0.457 e. The number of nitro groups is 1. The molecule has 9 nitrogen and oxygen atoms in total. The highest BCUT2D eigenvalue weighted by Crippen LogP contribution is 2.37. The fourth-order valence-corrected chi connectivity index (χ4v) is 2.68. The van der Waals surface area contributed by atoms with Gasteiger partial charge in [0.15, 0.2) is 5.78 Å². The number of esters is 1. The van der Waals surface area contributed by atoms with Crippen molar-refractivity contribution in [2.75, 3.05) is 20.3 Å². The Morgan fingerprint density at radius 1 is 1.09 bits per heavy atom. The van der Waals surface area contributed by atoms with Crippen LogP contribution in [0.2, 0.25) is 5.02 Å². The Bertz CT molecular complexity index is 1090. The van der Waals surface area contributed by atoms with Gasteiger partial charge in [-0.15, -0.1) is 0 Å². The van der Waals surface area contributed by atoms with E-state index in [-0.39, 0.29) is 24.7 Å². The molecule has 0 saturated heterocycles. The van der Waals surface area contributed by atoms with Crippen molar-refractivity contribution in [3.63, 3.8) is 0 Å². The molecule has 0 radical (unpaired) electrons. The molecule has 0 N–H and O–H groups in total. The van der Waals surface area contributed by atoms with Crippen LogP contribution < -0.4 is 4.74 Å². The van der Waals surface area contributed by atoms with Gasteiger partial charge in [0.25, 0.3) is 5.69 Å². The average Bonchev–Trinajstić information content (AvgIpc) is 2.74. The second-order valence-electron chi connectivity index (χ2n) is 6.33. The molecule has 0 bridgehead atoms. The molecule has 0 aromatic heterocycles. The number of nitrogens with zero attached hydrogens (tertiary/aromatic N) is 1. The maximum Gasteiger partial charge on any atom is 0.416 e. The Morgan fingerprint density at radius 2 is 1.79 bits per heavy atom.